The van der Waals surface area contributed by atoms with Gasteiger partial charge in [0.25, 0.3) is 11.8 Å². The van der Waals surface area contributed by atoms with Crippen molar-refractivity contribution >= 4 is 39.1 Å². The van der Waals surface area contributed by atoms with Gasteiger partial charge in [0.2, 0.25) is 0 Å². The van der Waals surface area contributed by atoms with Crippen molar-refractivity contribution in [2.45, 2.75) is 39.2 Å². The van der Waals surface area contributed by atoms with Crippen LogP contribution in [0.4, 0.5) is 9.39 Å². The summed E-state index contributed by atoms with van der Waals surface area (Å²) in [6, 6.07) is 7.88. The standard InChI is InChI=1S/C25H22FN3O3S/c1-14-18-11-16(26)8-9-19(18)32-22(14)24(31)29-25-21(17-6-2-3-7-20(17)33-25)23(30)28-13-15-5-4-10-27-12-15/h4-5,8-12H,2-3,6-7,13H2,1H3,(H,28,30)(H,29,31). The molecule has 1 aliphatic rings. The van der Waals surface area contributed by atoms with Crippen LogP contribution in [-0.4, -0.2) is 16.8 Å². The highest BCUT2D eigenvalue weighted by Crippen LogP contribution is 2.39. The van der Waals surface area contributed by atoms with E-state index in [4.69, 9.17) is 4.42 Å². The molecule has 33 heavy (non-hydrogen) atoms. The van der Waals surface area contributed by atoms with Gasteiger partial charge in [-0.1, -0.05) is 6.07 Å². The van der Waals surface area contributed by atoms with E-state index in [0.717, 1.165) is 41.7 Å². The van der Waals surface area contributed by atoms with Crippen LogP contribution >= 0.6 is 11.3 Å². The second kappa shape index (κ2) is 8.78. The first-order valence-electron chi connectivity index (χ1n) is 10.8. The van der Waals surface area contributed by atoms with Crippen molar-refractivity contribution < 1.29 is 18.4 Å². The summed E-state index contributed by atoms with van der Waals surface area (Å²) in [5, 5.41) is 6.92. The largest absolute Gasteiger partial charge is 0.451 e. The van der Waals surface area contributed by atoms with Gasteiger partial charge in [-0.25, -0.2) is 4.39 Å². The molecule has 6 nitrogen and oxygen atoms in total. The van der Waals surface area contributed by atoms with E-state index in [0.29, 0.717) is 33.6 Å². The first-order chi connectivity index (χ1) is 16.0. The third kappa shape index (κ3) is 4.14. The molecule has 1 aromatic carbocycles. The molecule has 4 aromatic rings. The number of hydrogen-bond acceptors (Lipinski definition) is 5. The van der Waals surface area contributed by atoms with Gasteiger partial charge in [-0.05, 0) is 68.0 Å². The third-order valence-electron chi connectivity index (χ3n) is 5.91. The van der Waals surface area contributed by atoms with Gasteiger partial charge in [0.1, 0.15) is 16.4 Å². The van der Waals surface area contributed by atoms with E-state index >= 15 is 0 Å². The number of aryl methyl sites for hydroxylation is 2. The number of hydrogen-bond donors (Lipinski definition) is 2. The Labute approximate surface area is 193 Å². The van der Waals surface area contributed by atoms with Crippen LogP contribution in [0.5, 0.6) is 0 Å². The highest BCUT2D eigenvalue weighted by Gasteiger charge is 2.28. The summed E-state index contributed by atoms with van der Waals surface area (Å²) in [7, 11) is 0. The number of nitrogens with zero attached hydrogens (tertiary/aromatic N) is 1. The number of anilines is 1. The number of carbonyl (C=O) groups excluding carboxylic acids is 2. The molecule has 8 heteroatoms. The molecule has 2 amide bonds. The van der Waals surface area contributed by atoms with Gasteiger partial charge in [-0.3, -0.25) is 14.6 Å². The van der Waals surface area contributed by atoms with Crippen molar-refractivity contribution in [1.82, 2.24) is 10.3 Å². The molecule has 0 aliphatic heterocycles. The minimum Gasteiger partial charge on any atom is -0.451 e. The molecule has 0 unspecified atom stereocenters. The molecule has 0 bridgehead atoms. The zero-order valence-electron chi connectivity index (χ0n) is 18.0. The van der Waals surface area contributed by atoms with Crippen molar-refractivity contribution in [3.05, 3.63) is 81.4 Å². The number of pyridine rings is 1. The first kappa shape index (κ1) is 21.3. The Morgan fingerprint density at radius 3 is 2.85 bits per heavy atom. The molecule has 0 fully saturated rings. The maximum Gasteiger partial charge on any atom is 0.292 e. The predicted octanol–water partition coefficient (Wildman–Crippen LogP) is 5.40. The topological polar surface area (TPSA) is 84.2 Å². The summed E-state index contributed by atoms with van der Waals surface area (Å²) in [4.78, 5) is 31.5. The lowest BCUT2D eigenvalue weighted by atomic mass is 9.95. The molecule has 0 saturated heterocycles. The van der Waals surface area contributed by atoms with E-state index < -0.39 is 11.7 Å². The third-order valence-corrected chi connectivity index (χ3v) is 7.11. The molecule has 0 atom stereocenters. The summed E-state index contributed by atoms with van der Waals surface area (Å²) in [6.07, 6.45) is 7.16. The number of thiophene rings is 1. The van der Waals surface area contributed by atoms with E-state index in [1.165, 1.54) is 29.5 Å². The molecular weight excluding hydrogens is 441 g/mol. The Kier molecular flexibility index (Phi) is 5.68. The minimum absolute atomic E-state index is 0.115. The number of rotatable bonds is 5. The van der Waals surface area contributed by atoms with E-state index in [1.54, 1.807) is 19.3 Å². The molecule has 3 heterocycles. The normalized spacial score (nSPS) is 13.0. The van der Waals surface area contributed by atoms with Gasteiger partial charge in [0.15, 0.2) is 5.76 Å². The fraction of sp³-hybridized carbons (Fsp3) is 0.240. The van der Waals surface area contributed by atoms with Crippen LogP contribution in [-0.2, 0) is 19.4 Å². The molecule has 1 aliphatic carbocycles. The van der Waals surface area contributed by atoms with Crippen LogP contribution in [0.15, 0.2) is 47.1 Å². The highest BCUT2D eigenvalue weighted by molar-refractivity contribution is 7.17. The Morgan fingerprint density at radius 1 is 1.18 bits per heavy atom. The van der Waals surface area contributed by atoms with Crippen molar-refractivity contribution in [2.75, 3.05) is 5.32 Å². The number of furan rings is 1. The van der Waals surface area contributed by atoms with E-state index in [2.05, 4.69) is 15.6 Å². The Hall–Kier alpha value is -3.52. The summed E-state index contributed by atoms with van der Waals surface area (Å²) >= 11 is 1.44. The number of carbonyl (C=O) groups is 2. The molecule has 5 rings (SSSR count). The number of amides is 2. The van der Waals surface area contributed by atoms with Crippen molar-refractivity contribution in [3.8, 4) is 0 Å². The zero-order valence-corrected chi connectivity index (χ0v) is 18.9. The zero-order chi connectivity index (χ0) is 22.9. The molecule has 168 valence electrons. The van der Waals surface area contributed by atoms with Gasteiger partial charge in [0.05, 0.1) is 5.56 Å². The monoisotopic (exact) mass is 463 g/mol. The molecule has 0 radical (unpaired) electrons. The number of aromatic nitrogens is 1. The van der Waals surface area contributed by atoms with E-state index in [9.17, 15) is 14.0 Å². The smallest absolute Gasteiger partial charge is 0.292 e. The lowest BCUT2D eigenvalue weighted by Crippen LogP contribution is -2.25. The van der Waals surface area contributed by atoms with Gasteiger partial charge in [-0.15, -0.1) is 11.3 Å². The lowest BCUT2D eigenvalue weighted by Gasteiger charge is -2.13. The van der Waals surface area contributed by atoms with Gasteiger partial charge in [0, 0.05) is 34.8 Å². The maximum atomic E-state index is 13.7. The van der Waals surface area contributed by atoms with Crippen LogP contribution in [0.3, 0.4) is 0 Å². The summed E-state index contributed by atoms with van der Waals surface area (Å²) in [5.41, 5.74) is 3.43. The number of benzene rings is 1. The van der Waals surface area contributed by atoms with Crippen LogP contribution in [0.1, 0.15) is 55.3 Å². The van der Waals surface area contributed by atoms with E-state index in [1.807, 2.05) is 12.1 Å². The molecule has 3 aromatic heterocycles. The highest BCUT2D eigenvalue weighted by atomic mass is 32.1. The fourth-order valence-corrected chi connectivity index (χ4v) is 5.52. The molecule has 2 N–H and O–H groups in total. The molecular formula is C25H22FN3O3S. The van der Waals surface area contributed by atoms with Gasteiger partial charge < -0.3 is 15.1 Å². The lowest BCUT2D eigenvalue weighted by molar-refractivity contribution is 0.0951. The van der Waals surface area contributed by atoms with Crippen LogP contribution in [0.2, 0.25) is 0 Å². The quantitative estimate of drug-likeness (QED) is 0.415. The summed E-state index contributed by atoms with van der Waals surface area (Å²) in [5.74, 6) is -0.957. The summed E-state index contributed by atoms with van der Waals surface area (Å²) in [6.45, 7) is 2.07. The number of fused-ring (bicyclic) bond motifs is 2. The van der Waals surface area contributed by atoms with Crippen molar-refractivity contribution in [2.24, 2.45) is 0 Å². The predicted molar refractivity (Wildman–Crippen MR) is 125 cm³/mol. The SMILES string of the molecule is Cc1c(C(=O)Nc2sc3c(c2C(=O)NCc2cccnc2)CCCC3)oc2ccc(F)cc12. The van der Waals surface area contributed by atoms with Crippen molar-refractivity contribution in [1.29, 1.82) is 0 Å². The van der Waals surface area contributed by atoms with E-state index in [-0.39, 0.29) is 11.7 Å². The minimum atomic E-state index is -0.455. The van der Waals surface area contributed by atoms with Crippen LogP contribution < -0.4 is 10.6 Å². The van der Waals surface area contributed by atoms with Crippen molar-refractivity contribution in [3.63, 3.8) is 0 Å². The van der Waals surface area contributed by atoms with Crippen LogP contribution in [0.25, 0.3) is 11.0 Å². The second-order valence-electron chi connectivity index (χ2n) is 8.11. The molecule has 0 spiro atoms. The average Bonchev–Trinajstić information content (AvgIpc) is 3.35. The van der Waals surface area contributed by atoms with Gasteiger partial charge in [-0.2, -0.15) is 0 Å². The van der Waals surface area contributed by atoms with Crippen LogP contribution in [0, 0.1) is 12.7 Å². The maximum absolute atomic E-state index is 13.7. The molecule has 0 saturated carbocycles. The number of halogens is 1. The Morgan fingerprint density at radius 2 is 2.03 bits per heavy atom. The van der Waals surface area contributed by atoms with Gasteiger partial charge >= 0.3 is 0 Å². The average molecular weight is 464 g/mol. The number of nitrogens with one attached hydrogen (secondary N) is 2. The Balaban J connectivity index is 1.44. The first-order valence-corrected chi connectivity index (χ1v) is 11.6. The fourth-order valence-electron chi connectivity index (χ4n) is 4.24. The summed E-state index contributed by atoms with van der Waals surface area (Å²) < 4.78 is 19.4. The Bertz CT molecular complexity index is 1360. The second-order valence-corrected chi connectivity index (χ2v) is 9.21.